The zero-order chi connectivity index (χ0) is 15.8. The lowest BCUT2D eigenvalue weighted by molar-refractivity contribution is 1.22. The summed E-state index contributed by atoms with van der Waals surface area (Å²) in [6, 6.07) is 13.8. The molecular formula is C17H11ClN4S. The average molecular weight is 339 g/mol. The summed E-state index contributed by atoms with van der Waals surface area (Å²) in [6.07, 6.45) is 1.56. The number of hydrogen-bond acceptors (Lipinski definition) is 5. The molecule has 0 saturated heterocycles. The SMILES string of the molecule is Nc1cnc(-c2cc(Cl)c3ncsc3c2)c(-c2ccccc2)n1. The normalized spacial score (nSPS) is 11.0. The van der Waals surface area contributed by atoms with Gasteiger partial charge in [0.05, 0.1) is 38.3 Å². The summed E-state index contributed by atoms with van der Waals surface area (Å²) in [4.78, 5) is 13.3. The van der Waals surface area contributed by atoms with Gasteiger partial charge in [-0.3, -0.25) is 4.98 Å². The summed E-state index contributed by atoms with van der Waals surface area (Å²) in [6.45, 7) is 0. The van der Waals surface area contributed by atoms with Crippen molar-refractivity contribution in [1.29, 1.82) is 0 Å². The van der Waals surface area contributed by atoms with Crippen molar-refractivity contribution in [3.8, 4) is 22.5 Å². The van der Waals surface area contributed by atoms with Crippen molar-refractivity contribution in [1.82, 2.24) is 15.0 Å². The minimum absolute atomic E-state index is 0.387. The number of anilines is 1. The van der Waals surface area contributed by atoms with Crippen LogP contribution in [0.2, 0.25) is 5.02 Å². The van der Waals surface area contributed by atoms with Crippen LogP contribution in [0.4, 0.5) is 5.82 Å². The molecule has 0 saturated carbocycles. The number of benzene rings is 2. The Hall–Kier alpha value is -2.50. The van der Waals surface area contributed by atoms with Crippen LogP contribution >= 0.6 is 22.9 Å². The van der Waals surface area contributed by atoms with E-state index in [0.29, 0.717) is 10.8 Å². The molecule has 112 valence electrons. The zero-order valence-electron chi connectivity index (χ0n) is 11.9. The lowest BCUT2D eigenvalue weighted by Gasteiger charge is -2.09. The molecule has 4 rings (SSSR count). The fourth-order valence-electron chi connectivity index (χ4n) is 2.47. The van der Waals surface area contributed by atoms with Gasteiger partial charge in [0.1, 0.15) is 5.82 Å². The number of aromatic nitrogens is 3. The van der Waals surface area contributed by atoms with Crippen molar-refractivity contribution >= 4 is 39.0 Å². The maximum absolute atomic E-state index is 6.35. The molecule has 4 nitrogen and oxygen atoms in total. The lowest BCUT2D eigenvalue weighted by Crippen LogP contribution is -1.98. The molecule has 0 aliphatic heterocycles. The van der Waals surface area contributed by atoms with Gasteiger partial charge in [-0.25, -0.2) is 9.97 Å². The lowest BCUT2D eigenvalue weighted by atomic mass is 10.0. The summed E-state index contributed by atoms with van der Waals surface area (Å²) in [7, 11) is 0. The molecule has 0 aliphatic carbocycles. The number of nitrogens with two attached hydrogens (primary N) is 1. The van der Waals surface area contributed by atoms with Crippen LogP contribution in [0.1, 0.15) is 0 Å². The van der Waals surface area contributed by atoms with E-state index in [9.17, 15) is 0 Å². The molecule has 2 heterocycles. The van der Waals surface area contributed by atoms with Crippen LogP contribution in [0.15, 0.2) is 54.2 Å². The minimum atomic E-state index is 0.387. The van der Waals surface area contributed by atoms with Gasteiger partial charge in [0.15, 0.2) is 0 Å². The number of hydrogen-bond donors (Lipinski definition) is 1. The molecule has 2 aromatic carbocycles. The predicted molar refractivity (Wildman–Crippen MR) is 95.5 cm³/mol. The standard InChI is InChI=1S/C17H11ClN4S/c18-12-6-11(7-13-17(12)21-9-23-13)15-16(22-14(19)8-20-15)10-4-2-1-3-5-10/h1-9H,(H2,19,22). The van der Waals surface area contributed by atoms with Crippen LogP contribution in [0.5, 0.6) is 0 Å². The third kappa shape index (κ3) is 2.54. The van der Waals surface area contributed by atoms with Crippen LogP contribution in [-0.4, -0.2) is 15.0 Å². The van der Waals surface area contributed by atoms with Gasteiger partial charge in [0, 0.05) is 11.1 Å². The first kappa shape index (κ1) is 14.1. The van der Waals surface area contributed by atoms with Crippen molar-refractivity contribution in [2.75, 3.05) is 5.73 Å². The van der Waals surface area contributed by atoms with E-state index in [-0.39, 0.29) is 0 Å². The highest BCUT2D eigenvalue weighted by Gasteiger charge is 2.14. The number of nitrogens with zero attached hydrogens (tertiary/aromatic N) is 3. The Morgan fingerprint density at radius 3 is 2.61 bits per heavy atom. The number of halogens is 1. The highest BCUT2D eigenvalue weighted by molar-refractivity contribution is 7.16. The third-order valence-corrected chi connectivity index (χ3v) is 4.57. The number of fused-ring (bicyclic) bond motifs is 1. The second-order valence-electron chi connectivity index (χ2n) is 5.02. The first-order valence-corrected chi connectivity index (χ1v) is 8.19. The summed E-state index contributed by atoms with van der Waals surface area (Å²) in [5.74, 6) is 0.387. The van der Waals surface area contributed by atoms with E-state index < -0.39 is 0 Å². The fraction of sp³-hybridized carbons (Fsp3) is 0. The average Bonchev–Trinajstić information content (AvgIpc) is 3.05. The monoisotopic (exact) mass is 338 g/mol. The Labute approximate surface area is 141 Å². The summed E-state index contributed by atoms with van der Waals surface area (Å²) in [5.41, 5.74) is 11.8. The molecule has 0 atom stereocenters. The van der Waals surface area contributed by atoms with E-state index in [4.69, 9.17) is 17.3 Å². The molecule has 0 radical (unpaired) electrons. The smallest absolute Gasteiger partial charge is 0.142 e. The van der Waals surface area contributed by atoms with Gasteiger partial charge >= 0.3 is 0 Å². The Balaban J connectivity index is 1.97. The topological polar surface area (TPSA) is 64.7 Å². The molecular weight excluding hydrogens is 328 g/mol. The second kappa shape index (κ2) is 5.61. The van der Waals surface area contributed by atoms with Gasteiger partial charge in [-0.2, -0.15) is 0 Å². The van der Waals surface area contributed by atoms with Crippen LogP contribution in [0.3, 0.4) is 0 Å². The summed E-state index contributed by atoms with van der Waals surface area (Å²) < 4.78 is 1.02. The predicted octanol–water partition coefficient (Wildman–Crippen LogP) is 4.66. The second-order valence-corrected chi connectivity index (χ2v) is 6.31. The van der Waals surface area contributed by atoms with E-state index in [1.165, 1.54) is 0 Å². The van der Waals surface area contributed by atoms with Crippen LogP contribution in [-0.2, 0) is 0 Å². The number of rotatable bonds is 2. The van der Waals surface area contributed by atoms with Crippen molar-refractivity contribution in [3.05, 3.63) is 59.2 Å². The van der Waals surface area contributed by atoms with Crippen molar-refractivity contribution in [2.24, 2.45) is 0 Å². The van der Waals surface area contributed by atoms with Crippen LogP contribution in [0.25, 0.3) is 32.7 Å². The number of nitrogen functional groups attached to an aromatic ring is 1. The van der Waals surface area contributed by atoms with E-state index in [1.54, 1.807) is 23.0 Å². The minimum Gasteiger partial charge on any atom is -0.382 e. The van der Waals surface area contributed by atoms with E-state index in [0.717, 1.165) is 32.7 Å². The Kier molecular flexibility index (Phi) is 3.44. The molecule has 2 aromatic heterocycles. The largest absolute Gasteiger partial charge is 0.382 e. The molecule has 4 aromatic rings. The molecule has 0 unspecified atom stereocenters. The highest BCUT2D eigenvalue weighted by atomic mass is 35.5. The molecule has 0 spiro atoms. The van der Waals surface area contributed by atoms with Gasteiger partial charge in [0.25, 0.3) is 0 Å². The van der Waals surface area contributed by atoms with Crippen LogP contribution in [0, 0.1) is 0 Å². The molecule has 23 heavy (non-hydrogen) atoms. The van der Waals surface area contributed by atoms with E-state index in [1.807, 2.05) is 42.5 Å². The van der Waals surface area contributed by atoms with E-state index >= 15 is 0 Å². The number of thiazole rings is 1. The van der Waals surface area contributed by atoms with E-state index in [2.05, 4.69) is 15.0 Å². The van der Waals surface area contributed by atoms with Gasteiger partial charge in [-0.15, -0.1) is 11.3 Å². The quantitative estimate of drug-likeness (QED) is 0.577. The summed E-state index contributed by atoms with van der Waals surface area (Å²) >= 11 is 7.90. The molecule has 2 N–H and O–H groups in total. The molecule has 6 heteroatoms. The third-order valence-electron chi connectivity index (χ3n) is 3.50. The fourth-order valence-corrected chi connectivity index (χ4v) is 3.54. The van der Waals surface area contributed by atoms with Gasteiger partial charge in [0.2, 0.25) is 0 Å². The zero-order valence-corrected chi connectivity index (χ0v) is 13.5. The van der Waals surface area contributed by atoms with Gasteiger partial charge in [-0.1, -0.05) is 41.9 Å². The van der Waals surface area contributed by atoms with Crippen molar-refractivity contribution in [2.45, 2.75) is 0 Å². The van der Waals surface area contributed by atoms with Gasteiger partial charge in [-0.05, 0) is 12.1 Å². The maximum atomic E-state index is 6.35. The summed E-state index contributed by atoms with van der Waals surface area (Å²) in [5, 5.41) is 0.608. The Bertz CT molecular complexity index is 998. The van der Waals surface area contributed by atoms with Crippen molar-refractivity contribution < 1.29 is 0 Å². The molecule has 0 aliphatic rings. The first-order valence-electron chi connectivity index (χ1n) is 6.93. The maximum Gasteiger partial charge on any atom is 0.142 e. The van der Waals surface area contributed by atoms with Crippen LogP contribution < -0.4 is 5.73 Å². The van der Waals surface area contributed by atoms with Crippen molar-refractivity contribution in [3.63, 3.8) is 0 Å². The van der Waals surface area contributed by atoms with Gasteiger partial charge < -0.3 is 5.73 Å². The highest BCUT2D eigenvalue weighted by Crippen LogP contribution is 2.35. The molecule has 0 fully saturated rings. The molecule has 0 bridgehead atoms. The Morgan fingerprint density at radius 1 is 0.957 bits per heavy atom. The Morgan fingerprint density at radius 2 is 1.78 bits per heavy atom. The molecule has 0 amide bonds. The first-order chi connectivity index (χ1) is 11.2.